The Kier molecular flexibility index (Phi) is 5.58. The van der Waals surface area contributed by atoms with Crippen molar-refractivity contribution in [3.05, 3.63) is 24.3 Å². The van der Waals surface area contributed by atoms with Crippen molar-refractivity contribution in [3.63, 3.8) is 0 Å². The Labute approximate surface area is 96.2 Å². The summed E-state index contributed by atoms with van der Waals surface area (Å²) >= 11 is 1.77. The highest BCUT2D eigenvalue weighted by Gasteiger charge is 2.05. The number of ether oxygens (including phenoxy) is 1. The van der Waals surface area contributed by atoms with Crippen LogP contribution in [0.25, 0.3) is 0 Å². The summed E-state index contributed by atoms with van der Waals surface area (Å²) < 4.78 is 5.28. The van der Waals surface area contributed by atoms with E-state index in [0.29, 0.717) is 0 Å². The minimum absolute atomic E-state index is 0.282. The van der Waals surface area contributed by atoms with Crippen molar-refractivity contribution in [3.8, 4) is 5.75 Å². The lowest BCUT2D eigenvalue weighted by atomic mass is 10.2. The molecule has 1 aromatic rings. The Morgan fingerprint density at radius 2 is 2.13 bits per heavy atom. The van der Waals surface area contributed by atoms with Crippen molar-refractivity contribution in [2.45, 2.75) is 30.7 Å². The van der Waals surface area contributed by atoms with Crippen molar-refractivity contribution in [2.24, 2.45) is 5.73 Å². The highest BCUT2D eigenvalue weighted by Crippen LogP contribution is 2.29. The van der Waals surface area contributed by atoms with Gasteiger partial charge in [0.1, 0.15) is 5.75 Å². The van der Waals surface area contributed by atoms with Gasteiger partial charge in [0.05, 0.1) is 7.11 Å². The maximum atomic E-state index is 5.96. The number of hydrogen-bond acceptors (Lipinski definition) is 3. The van der Waals surface area contributed by atoms with E-state index in [1.165, 1.54) is 4.90 Å². The van der Waals surface area contributed by atoms with Crippen molar-refractivity contribution >= 4 is 11.8 Å². The van der Waals surface area contributed by atoms with E-state index in [4.69, 9.17) is 10.5 Å². The lowest BCUT2D eigenvalue weighted by molar-refractivity contribution is 0.405. The van der Waals surface area contributed by atoms with E-state index in [0.717, 1.165) is 24.3 Å². The molecule has 2 nitrogen and oxygen atoms in total. The van der Waals surface area contributed by atoms with Gasteiger partial charge in [0.2, 0.25) is 0 Å². The summed E-state index contributed by atoms with van der Waals surface area (Å²) in [6, 6.07) is 8.34. The number of rotatable bonds is 6. The van der Waals surface area contributed by atoms with Crippen LogP contribution < -0.4 is 10.5 Å². The SMILES string of the molecule is CCCC(N)CSc1ccccc1OC. The van der Waals surface area contributed by atoms with E-state index in [1.54, 1.807) is 18.9 Å². The molecule has 0 radical (unpaired) electrons. The summed E-state index contributed by atoms with van der Waals surface area (Å²) in [7, 11) is 1.70. The first kappa shape index (κ1) is 12.4. The second kappa shape index (κ2) is 6.75. The first-order valence-electron chi connectivity index (χ1n) is 5.29. The molecule has 0 aliphatic heterocycles. The van der Waals surface area contributed by atoms with Crippen LogP contribution >= 0.6 is 11.8 Å². The minimum atomic E-state index is 0.282. The summed E-state index contributed by atoms with van der Waals surface area (Å²) in [5.41, 5.74) is 5.96. The minimum Gasteiger partial charge on any atom is -0.496 e. The lowest BCUT2D eigenvalue weighted by Gasteiger charge is -2.11. The summed E-state index contributed by atoms with van der Waals surface area (Å²) in [6.45, 7) is 2.16. The van der Waals surface area contributed by atoms with Crippen LogP contribution in [0.1, 0.15) is 19.8 Å². The Morgan fingerprint density at radius 3 is 2.80 bits per heavy atom. The van der Waals surface area contributed by atoms with Crippen LogP contribution in [-0.2, 0) is 0 Å². The zero-order chi connectivity index (χ0) is 11.1. The van der Waals surface area contributed by atoms with Crippen molar-refractivity contribution in [2.75, 3.05) is 12.9 Å². The van der Waals surface area contributed by atoms with Gasteiger partial charge in [-0.3, -0.25) is 0 Å². The Balaban J connectivity index is 2.49. The van der Waals surface area contributed by atoms with Crippen LogP contribution in [0.4, 0.5) is 0 Å². The molecular formula is C12H19NOS. The third kappa shape index (κ3) is 4.14. The molecule has 1 unspecified atom stereocenters. The average Bonchev–Trinajstić information content (AvgIpc) is 2.27. The summed E-state index contributed by atoms with van der Waals surface area (Å²) in [5.74, 6) is 1.89. The molecule has 0 spiro atoms. The van der Waals surface area contributed by atoms with Gasteiger partial charge in [-0.25, -0.2) is 0 Å². The predicted octanol–water partition coefficient (Wildman–Crippen LogP) is 2.91. The molecule has 0 aliphatic rings. The van der Waals surface area contributed by atoms with Crippen LogP contribution in [0.2, 0.25) is 0 Å². The van der Waals surface area contributed by atoms with Gasteiger partial charge in [0, 0.05) is 16.7 Å². The van der Waals surface area contributed by atoms with E-state index < -0.39 is 0 Å². The second-order valence-corrected chi connectivity index (χ2v) is 4.57. The Bertz CT molecular complexity index is 291. The van der Waals surface area contributed by atoms with Gasteiger partial charge in [-0.15, -0.1) is 11.8 Å². The largest absolute Gasteiger partial charge is 0.496 e. The van der Waals surface area contributed by atoms with Gasteiger partial charge < -0.3 is 10.5 Å². The maximum Gasteiger partial charge on any atom is 0.132 e. The van der Waals surface area contributed by atoms with Crippen LogP contribution in [0.3, 0.4) is 0 Å². The molecule has 1 atom stereocenters. The zero-order valence-corrected chi connectivity index (χ0v) is 10.2. The molecule has 0 saturated heterocycles. The molecular weight excluding hydrogens is 206 g/mol. The topological polar surface area (TPSA) is 35.2 Å². The van der Waals surface area contributed by atoms with E-state index in [2.05, 4.69) is 13.0 Å². The standard InChI is InChI=1S/C12H19NOS/c1-3-6-10(13)9-15-12-8-5-4-7-11(12)14-2/h4-5,7-8,10H,3,6,9,13H2,1-2H3. The fourth-order valence-corrected chi connectivity index (χ4v) is 2.42. The quantitative estimate of drug-likeness (QED) is 0.756. The van der Waals surface area contributed by atoms with Gasteiger partial charge in [-0.2, -0.15) is 0 Å². The summed E-state index contributed by atoms with van der Waals surface area (Å²) in [5, 5.41) is 0. The third-order valence-electron chi connectivity index (χ3n) is 2.18. The van der Waals surface area contributed by atoms with Crippen molar-refractivity contribution in [1.82, 2.24) is 0 Å². The number of nitrogens with two attached hydrogens (primary N) is 1. The Morgan fingerprint density at radius 1 is 1.40 bits per heavy atom. The average molecular weight is 225 g/mol. The fourth-order valence-electron chi connectivity index (χ4n) is 1.39. The predicted molar refractivity (Wildman–Crippen MR) is 66.6 cm³/mol. The summed E-state index contributed by atoms with van der Waals surface area (Å²) in [6.07, 6.45) is 2.23. The molecule has 0 heterocycles. The van der Waals surface area contributed by atoms with Crippen LogP contribution in [0.5, 0.6) is 5.75 Å². The normalized spacial score (nSPS) is 12.5. The highest BCUT2D eigenvalue weighted by atomic mass is 32.2. The van der Waals surface area contributed by atoms with Crippen LogP contribution in [-0.4, -0.2) is 18.9 Å². The first-order chi connectivity index (χ1) is 7.27. The van der Waals surface area contributed by atoms with E-state index in [-0.39, 0.29) is 6.04 Å². The van der Waals surface area contributed by atoms with Crippen LogP contribution in [0.15, 0.2) is 29.2 Å². The molecule has 84 valence electrons. The van der Waals surface area contributed by atoms with Crippen molar-refractivity contribution < 1.29 is 4.74 Å². The molecule has 15 heavy (non-hydrogen) atoms. The van der Waals surface area contributed by atoms with E-state index in [1.807, 2.05) is 18.2 Å². The molecule has 1 rings (SSSR count). The second-order valence-electron chi connectivity index (χ2n) is 3.51. The zero-order valence-electron chi connectivity index (χ0n) is 9.40. The van der Waals surface area contributed by atoms with Crippen molar-refractivity contribution in [1.29, 1.82) is 0 Å². The first-order valence-corrected chi connectivity index (χ1v) is 6.28. The number of para-hydroxylation sites is 1. The molecule has 0 saturated carbocycles. The molecule has 3 heteroatoms. The lowest BCUT2D eigenvalue weighted by Crippen LogP contribution is -2.22. The molecule has 0 fully saturated rings. The van der Waals surface area contributed by atoms with Crippen LogP contribution in [0, 0.1) is 0 Å². The smallest absolute Gasteiger partial charge is 0.132 e. The molecule has 2 N–H and O–H groups in total. The number of methoxy groups -OCH3 is 1. The van der Waals surface area contributed by atoms with Gasteiger partial charge in [0.25, 0.3) is 0 Å². The van der Waals surface area contributed by atoms with Gasteiger partial charge >= 0.3 is 0 Å². The molecule has 0 amide bonds. The monoisotopic (exact) mass is 225 g/mol. The van der Waals surface area contributed by atoms with E-state index >= 15 is 0 Å². The van der Waals surface area contributed by atoms with Gasteiger partial charge in [-0.1, -0.05) is 25.5 Å². The molecule has 1 aromatic carbocycles. The molecule has 0 bridgehead atoms. The highest BCUT2D eigenvalue weighted by molar-refractivity contribution is 7.99. The van der Waals surface area contributed by atoms with Gasteiger partial charge in [0.15, 0.2) is 0 Å². The Hall–Kier alpha value is -0.670. The molecule has 0 aliphatic carbocycles. The number of hydrogen-bond donors (Lipinski definition) is 1. The van der Waals surface area contributed by atoms with Gasteiger partial charge in [-0.05, 0) is 18.6 Å². The maximum absolute atomic E-state index is 5.96. The van der Waals surface area contributed by atoms with E-state index in [9.17, 15) is 0 Å². The molecule has 0 aromatic heterocycles. The number of thioether (sulfide) groups is 1. The summed E-state index contributed by atoms with van der Waals surface area (Å²) in [4.78, 5) is 1.17. The number of benzene rings is 1. The third-order valence-corrected chi connectivity index (χ3v) is 3.42. The fraction of sp³-hybridized carbons (Fsp3) is 0.500.